The fraction of sp³-hybridized carbons (Fsp3) is 0.0909. The van der Waals surface area contributed by atoms with Crippen LogP contribution in [-0.4, -0.2) is 18.2 Å². The van der Waals surface area contributed by atoms with Crippen molar-refractivity contribution >= 4 is 33.0 Å². The molecule has 2 aromatic rings. The van der Waals surface area contributed by atoms with E-state index in [1.165, 1.54) is 31.4 Å². The largest absolute Gasteiger partial charge is 0.397 e. The summed E-state index contributed by atoms with van der Waals surface area (Å²) in [6, 6.07) is 6.16. The van der Waals surface area contributed by atoms with E-state index in [9.17, 15) is 8.42 Å². The lowest BCUT2D eigenvalue weighted by Gasteiger charge is -2.10. The Labute approximate surface area is 120 Å². The van der Waals surface area contributed by atoms with Crippen LogP contribution in [0.2, 0.25) is 5.02 Å². The van der Waals surface area contributed by atoms with Gasteiger partial charge in [-0.2, -0.15) is 18.8 Å². The van der Waals surface area contributed by atoms with Gasteiger partial charge in [0.2, 0.25) is 0 Å². The van der Waals surface area contributed by atoms with Gasteiger partial charge in [-0.15, -0.1) is 0 Å². The lowest BCUT2D eigenvalue weighted by atomic mass is 10.2. The van der Waals surface area contributed by atoms with Gasteiger partial charge in [0.1, 0.15) is 0 Å². The molecule has 20 heavy (non-hydrogen) atoms. The lowest BCUT2D eigenvalue weighted by molar-refractivity contribution is 0.582. The number of anilines is 2. The highest BCUT2D eigenvalue weighted by atomic mass is 35.5. The predicted octanol–water partition coefficient (Wildman–Crippen LogP) is 1.33. The van der Waals surface area contributed by atoms with E-state index >= 15 is 0 Å². The van der Waals surface area contributed by atoms with Crippen LogP contribution in [0.15, 0.2) is 29.4 Å². The lowest BCUT2D eigenvalue weighted by Crippen LogP contribution is -2.18. The van der Waals surface area contributed by atoms with Crippen molar-refractivity contribution in [3.8, 4) is 6.07 Å². The summed E-state index contributed by atoms with van der Waals surface area (Å²) in [5, 5.41) is 12.3. The highest BCUT2D eigenvalue weighted by Gasteiger charge is 2.23. The summed E-state index contributed by atoms with van der Waals surface area (Å²) in [6.07, 6.45) is 1.23. The first kappa shape index (κ1) is 14.2. The van der Waals surface area contributed by atoms with Crippen molar-refractivity contribution in [2.45, 2.75) is 5.03 Å². The highest BCUT2D eigenvalue weighted by molar-refractivity contribution is 7.92. The monoisotopic (exact) mass is 311 g/mol. The molecular formula is C11H10ClN5O2S. The third-order valence-electron chi connectivity index (χ3n) is 2.52. The zero-order valence-corrected chi connectivity index (χ0v) is 11.9. The van der Waals surface area contributed by atoms with Crippen LogP contribution in [-0.2, 0) is 17.1 Å². The van der Waals surface area contributed by atoms with Gasteiger partial charge in [0.15, 0.2) is 5.03 Å². The normalized spacial score (nSPS) is 11.1. The molecule has 0 saturated carbocycles. The number of nitrogens with one attached hydrogen (secondary N) is 1. The summed E-state index contributed by atoms with van der Waals surface area (Å²) in [4.78, 5) is 0. The Bertz CT molecular complexity index is 787. The van der Waals surface area contributed by atoms with Gasteiger partial charge in [-0.1, -0.05) is 11.6 Å². The molecule has 9 heteroatoms. The molecule has 0 aliphatic heterocycles. The molecular weight excluding hydrogens is 302 g/mol. The summed E-state index contributed by atoms with van der Waals surface area (Å²) >= 11 is 5.81. The summed E-state index contributed by atoms with van der Waals surface area (Å²) < 4.78 is 27.9. The molecule has 1 heterocycles. The van der Waals surface area contributed by atoms with E-state index in [0.717, 1.165) is 4.68 Å². The molecule has 0 aliphatic rings. The first-order chi connectivity index (χ1) is 9.35. The number of aryl methyl sites for hydroxylation is 1. The number of aromatic nitrogens is 2. The van der Waals surface area contributed by atoms with Gasteiger partial charge in [-0.3, -0.25) is 9.40 Å². The number of benzene rings is 1. The molecule has 2 rings (SSSR count). The zero-order chi connectivity index (χ0) is 14.9. The van der Waals surface area contributed by atoms with Crippen LogP contribution in [0, 0.1) is 11.3 Å². The molecule has 0 unspecified atom stereocenters. The molecule has 1 aromatic carbocycles. The van der Waals surface area contributed by atoms with Crippen LogP contribution in [0.25, 0.3) is 0 Å². The quantitative estimate of drug-likeness (QED) is 0.830. The number of nitrogens with zero attached hydrogens (tertiary/aromatic N) is 3. The van der Waals surface area contributed by atoms with Crippen molar-refractivity contribution in [3.63, 3.8) is 0 Å². The Morgan fingerprint density at radius 1 is 1.50 bits per heavy atom. The van der Waals surface area contributed by atoms with E-state index in [1.807, 2.05) is 6.07 Å². The van der Waals surface area contributed by atoms with E-state index in [-0.39, 0.29) is 21.4 Å². The first-order valence-corrected chi connectivity index (χ1v) is 7.21. The number of hydrogen-bond donors (Lipinski definition) is 2. The number of nitrogens with two attached hydrogens (primary N) is 1. The van der Waals surface area contributed by atoms with E-state index in [0.29, 0.717) is 5.56 Å². The van der Waals surface area contributed by atoms with Crippen molar-refractivity contribution in [1.82, 2.24) is 9.78 Å². The van der Waals surface area contributed by atoms with Crippen LogP contribution in [0.3, 0.4) is 0 Å². The van der Waals surface area contributed by atoms with E-state index < -0.39 is 10.0 Å². The Balaban J connectivity index is 2.42. The molecule has 104 valence electrons. The Morgan fingerprint density at radius 2 is 2.20 bits per heavy atom. The maximum absolute atomic E-state index is 12.2. The van der Waals surface area contributed by atoms with Gasteiger partial charge in [0, 0.05) is 7.05 Å². The van der Waals surface area contributed by atoms with Crippen LogP contribution in [0.4, 0.5) is 11.4 Å². The summed E-state index contributed by atoms with van der Waals surface area (Å²) in [6.45, 7) is 0. The van der Waals surface area contributed by atoms with Gasteiger partial charge >= 0.3 is 0 Å². The molecule has 0 saturated heterocycles. The van der Waals surface area contributed by atoms with Crippen molar-refractivity contribution < 1.29 is 8.42 Å². The highest BCUT2D eigenvalue weighted by Crippen LogP contribution is 2.26. The number of rotatable bonds is 3. The minimum absolute atomic E-state index is 0.00668. The third-order valence-corrected chi connectivity index (χ3v) is 4.39. The second-order valence-corrected chi connectivity index (χ2v) is 5.95. The summed E-state index contributed by atoms with van der Waals surface area (Å²) in [5.74, 6) is 0. The van der Waals surface area contributed by atoms with Crippen LogP contribution in [0.1, 0.15) is 5.56 Å². The molecule has 7 nitrogen and oxygen atoms in total. The maximum Gasteiger partial charge on any atom is 0.280 e. The van der Waals surface area contributed by atoms with Crippen LogP contribution >= 0.6 is 11.6 Å². The number of nitrogen functional groups attached to an aromatic ring is 1. The van der Waals surface area contributed by atoms with Crippen molar-refractivity contribution in [2.24, 2.45) is 7.05 Å². The third kappa shape index (κ3) is 2.54. The number of sulfonamides is 1. The van der Waals surface area contributed by atoms with E-state index in [4.69, 9.17) is 22.6 Å². The van der Waals surface area contributed by atoms with Gasteiger partial charge < -0.3 is 5.73 Å². The minimum atomic E-state index is -3.92. The number of nitriles is 1. The Morgan fingerprint density at radius 3 is 2.70 bits per heavy atom. The van der Waals surface area contributed by atoms with Crippen molar-refractivity contribution in [3.05, 3.63) is 35.0 Å². The second kappa shape index (κ2) is 5.03. The minimum Gasteiger partial charge on any atom is -0.397 e. The van der Waals surface area contributed by atoms with Crippen molar-refractivity contribution in [1.29, 1.82) is 5.26 Å². The number of hydrogen-bond acceptors (Lipinski definition) is 5. The SMILES string of the molecule is Cn1ncc(Cl)c1S(=O)(=O)Nc1ccc(C#N)cc1N. The zero-order valence-electron chi connectivity index (χ0n) is 10.3. The van der Waals surface area contributed by atoms with Gasteiger partial charge in [0.25, 0.3) is 10.0 Å². The Kier molecular flexibility index (Phi) is 3.57. The molecule has 0 amide bonds. The average molecular weight is 312 g/mol. The fourth-order valence-corrected chi connectivity index (χ4v) is 3.37. The number of halogens is 1. The Hall–Kier alpha value is -2.24. The molecule has 0 fully saturated rings. The first-order valence-electron chi connectivity index (χ1n) is 5.35. The van der Waals surface area contributed by atoms with E-state index in [2.05, 4.69) is 9.82 Å². The second-order valence-electron chi connectivity index (χ2n) is 3.94. The molecule has 0 aliphatic carbocycles. The standard InChI is InChI=1S/C11H10ClN5O2S/c1-17-11(8(12)6-15-17)20(18,19)16-10-3-2-7(5-13)4-9(10)14/h2-4,6,16H,14H2,1H3. The topological polar surface area (TPSA) is 114 Å². The summed E-state index contributed by atoms with van der Waals surface area (Å²) in [5.41, 5.74) is 6.35. The van der Waals surface area contributed by atoms with E-state index in [1.54, 1.807) is 0 Å². The van der Waals surface area contributed by atoms with Crippen LogP contribution < -0.4 is 10.5 Å². The average Bonchev–Trinajstić information content (AvgIpc) is 2.72. The molecule has 0 radical (unpaired) electrons. The predicted molar refractivity (Wildman–Crippen MR) is 74.6 cm³/mol. The molecule has 0 atom stereocenters. The molecule has 3 N–H and O–H groups in total. The van der Waals surface area contributed by atoms with Crippen molar-refractivity contribution in [2.75, 3.05) is 10.5 Å². The molecule has 1 aromatic heterocycles. The molecule has 0 bridgehead atoms. The van der Waals surface area contributed by atoms with Gasteiger partial charge in [-0.25, -0.2) is 0 Å². The summed E-state index contributed by atoms with van der Waals surface area (Å²) in [7, 11) is -2.46. The fourth-order valence-electron chi connectivity index (χ4n) is 1.62. The smallest absolute Gasteiger partial charge is 0.280 e. The van der Waals surface area contributed by atoms with Crippen LogP contribution in [0.5, 0.6) is 0 Å². The van der Waals surface area contributed by atoms with Gasteiger partial charge in [-0.05, 0) is 18.2 Å². The maximum atomic E-state index is 12.2. The van der Waals surface area contributed by atoms with Gasteiger partial charge in [0.05, 0.1) is 34.2 Å². The molecule has 0 spiro atoms.